The zero-order valence-corrected chi connectivity index (χ0v) is 27.8. The van der Waals surface area contributed by atoms with Gasteiger partial charge in [0.25, 0.3) is 0 Å². The van der Waals surface area contributed by atoms with E-state index in [1.165, 1.54) is 6.07 Å². The Bertz CT molecular complexity index is 2140. The second kappa shape index (κ2) is 14.4. The van der Waals surface area contributed by atoms with Gasteiger partial charge in [0.15, 0.2) is 0 Å². The van der Waals surface area contributed by atoms with Gasteiger partial charge in [0.1, 0.15) is 47.5 Å². The molecule has 1 heterocycles. The highest BCUT2D eigenvalue weighted by atomic mass is 16.5. The van der Waals surface area contributed by atoms with Gasteiger partial charge in [0.05, 0.1) is 13.2 Å². The minimum Gasteiger partial charge on any atom is -0.507 e. The van der Waals surface area contributed by atoms with Crippen molar-refractivity contribution in [3.8, 4) is 28.7 Å². The molecule has 0 unspecified atom stereocenters. The smallest absolute Gasteiger partial charge is 0.336 e. The third-order valence-electron chi connectivity index (χ3n) is 9.20. The number of hydrogen-bond donors (Lipinski definition) is 3. The maximum absolute atomic E-state index is 11.8. The van der Waals surface area contributed by atoms with Gasteiger partial charge in [-0.1, -0.05) is 72.8 Å². The third kappa shape index (κ3) is 7.02. The Morgan fingerprint density at radius 1 is 0.560 bits per heavy atom. The molecule has 1 aliphatic carbocycles. The van der Waals surface area contributed by atoms with Crippen LogP contribution in [0.1, 0.15) is 50.1 Å². The molecule has 7 rings (SSSR count). The van der Waals surface area contributed by atoms with E-state index >= 15 is 0 Å². The summed E-state index contributed by atoms with van der Waals surface area (Å²) >= 11 is 0. The highest BCUT2D eigenvalue weighted by molar-refractivity contribution is 5.81. The van der Waals surface area contributed by atoms with Crippen molar-refractivity contribution < 1.29 is 33.9 Å². The van der Waals surface area contributed by atoms with Crippen LogP contribution in [0.4, 0.5) is 0 Å². The predicted octanol–water partition coefficient (Wildman–Crippen LogP) is 7.37. The van der Waals surface area contributed by atoms with Crippen LogP contribution in [0.5, 0.6) is 28.7 Å². The van der Waals surface area contributed by atoms with E-state index < -0.39 is 5.63 Å². The molecule has 0 spiro atoms. The molecule has 1 aromatic heterocycles. The second-order valence-electron chi connectivity index (χ2n) is 12.6. The van der Waals surface area contributed by atoms with E-state index in [1.54, 1.807) is 6.07 Å². The van der Waals surface area contributed by atoms with Gasteiger partial charge in [0, 0.05) is 43.2 Å². The van der Waals surface area contributed by atoms with E-state index in [1.807, 2.05) is 91.9 Å². The van der Waals surface area contributed by atoms with Gasteiger partial charge in [-0.3, -0.25) is 0 Å². The zero-order chi connectivity index (χ0) is 34.6. The van der Waals surface area contributed by atoms with Crippen LogP contribution < -0.4 is 15.1 Å². The maximum atomic E-state index is 11.8. The first kappa shape index (κ1) is 32.8. The molecular formula is C42H38O8. The summed E-state index contributed by atoms with van der Waals surface area (Å²) < 4.78 is 23.4. The Morgan fingerprint density at radius 2 is 1.00 bits per heavy atom. The van der Waals surface area contributed by atoms with E-state index in [-0.39, 0.29) is 23.9 Å². The van der Waals surface area contributed by atoms with Gasteiger partial charge in [-0.25, -0.2) is 4.79 Å². The Balaban J connectivity index is 1.09. The van der Waals surface area contributed by atoms with Crippen LogP contribution >= 0.6 is 0 Å². The number of fused-ring (bicyclic) bond motifs is 9. The van der Waals surface area contributed by atoms with E-state index in [2.05, 4.69) is 0 Å². The maximum Gasteiger partial charge on any atom is 0.336 e. The fraction of sp³-hybridized carbons (Fsp3) is 0.214. The minimum atomic E-state index is -0.396. The molecule has 8 bridgehead atoms. The molecule has 0 saturated heterocycles. The number of hydrogen-bond acceptors (Lipinski definition) is 8. The lowest BCUT2D eigenvalue weighted by Gasteiger charge is -2.19. The summed E-state index contributed by atoms with van der Waals surface area (Å²) in [5.41, 5.74) is 7.04. The second-order valence-corrected chi connectivity index (χ2v) is 12.6. The molecule has 8 heteroatoms. The van der Waals surface area contributed by atoms with Crippen molar-refractivity contribution >= 4 is 11.0 Å². The predicted molar refractivity (Wildman–Crippen MR) is 191 cm³/mol. The number of aromatic hydroxyl groups is 3. The van der Waals surface area contributed by atoms with Crippen LogP contribution in [0.25, 0.3) is 11.0 Å². The van der Waals surface area contributed by atoms with Crippen molar-refractivity contribution in [1.29, 1.82) is 0 Å². The van der Waals surface area contributed by atoms with Gasteiger partial charge in [-0.15, -0.1) is 0 Å². The van der Waals surface area contributed by atoms with E-state index in [0.717, 1.165) is 33.2 Å². The first-order valence-electron chi connectivity index (χ1n) is 16.7. The van der Waals surface area contributed by atoms with Crippen LogP contribution in [0.3, 0.4) is 0 Å². The van der Waals surface area contributed by atoms with Gasteiger partial charge >= 0.3 is 5.63 Å². The molecular weight excluding hydrogens is 632 g/mol. The third-order valence-corrected chi connectivity index (χ3v) is 9.20. The van der Waals surface area contributed by atoms with Crippen molar-refractivity contribution in [2.24, 2.45) is 0 Å². The number of phenols is 3. The average molecular weight is 671 g/mol. The van der Waals surface area contributed by atoms with Crippen molar-refractivity contribution in [3.05, 3.63) is 158 Å². The first-order valence-corrected chi connectivity index (χ1v) is 16.7. The molecule has 0 atom stereocenters. The molecule has 1 aliphatic rings. The molecule has 0 saturated carbocycles. The van der Waals surface area contributed by atoms with Crippen LogP contribution in [0.2, 0.25) is 0 Å². The van der Waals surface area contributed by atoms with Crippen molar-refractivity contribution in [3.63, 3.8) is 0 Å². The normalized spacial score (nSPS) is 12.5. The zero-order valence-electron chi connectivity index (χ0n) is 27.8. The number of ether oxygens (including phenoxy) is 3. The van der Waals surface area contributed by atoms with Crippen LogP contribution in [0, 0.1) is 6.92 Å². The quantitative estimate of drug-likeness (QED) is 0.113. The highest BCUT2D eigenvalue weighted by Gasteiger charge is 2.19. The monoisotopic (exact) mass is 670 g/mol. The fourth-order valence-corrected chi connectivity index (χ4v) is 6.63. The number of phenolic OH excluding ortho intramolecular Hbond substituents is 3. The summed E-state index contributed by atoms with van der Waals surface area (Å²) in [7, 11) is 0. The Morgan fingerprint density at radius 3 is 1.50 bits per heavy atom. The van der Waals surface area contributed by atoms with Crippen LogP contribution in [-0.4, -0.2) is 41.7 Å². The van der Waals surface area contributed by atoms with Gasteiger partial charge in [-0.2, -0.15) is 0 Å². The Kier molecular flexibility index (Phi) is 9.45. The minimum absolute atomic E-state index is 0.169. The van der Waals surface area contributed by atoms with Crippen LogP contribution in [0.15, 0.2) is 106 Å². The van der Waals surface area contributed by atoms with E-state index in [9.17, 15) is 20.1 Å². The van der Waals surface area contributed by atoms with E-state index in [0.29, 0.717) is 84.8 Å². The summed E-state index contributed by atoms with van der Waals surface area (Å²) in [5.74, 6) is 1.82. The Hall–Kier alpha value is -5.73. The van der Waals surface area contributed by atoms with Crippen molar-refractivity contribution in [2.45, 2.75) is 32.6 Å². The number of aryl methyl sites for hydroxylation is 1. The molecule has 8 nitrogen and oxygen atoms in total. The molecule has 254 valence electrons. The Labute approximate surface area is 289 Å². The molecule has 0 aliphatic heterocycles. The lowest BCUT2D eigenvalue weighted by Crippen LogP contribution is -2.13. The molecule has 5 aromatic carbocycles. The topological polar surface area (TPSA) is 119 Å². The lowest BCUT2D eigenvalue weighted by molar-refractivity contribution is 0.0760. The SMILES string of the molecule is Cc1cc(=O)oc2cc(OCCOCCOc3c4cccc3Cc3cccc(c3O)Cc3cccc(c3O)Cc3cccc(c3O)C4)ccc12. The summed E-state index contributed by atoms with van der Waals surface area (Å²) in [5, 5.41) is 34.8. The van der Waals surface area contributed by atoms with Gasteiger partial charge < -0.3 is 33.9 Å². The summed E-state index contributed by atoms with van der Waals surface area (Å²) in [6.45, 7) is 3.08. The number of rotatable bonds is 8. The molecule has 6 aromatic rings. The van der Waals surface area contributed by atoms with Gasteiger partial charge in [-0.05, 0) is 69.1 Å². The summed E-state index contributed by atoms with van der Waals surface area (Å²) in [4.78, 5) is 11.8. The molecule has 3 N–H and O–H groups in total. The molecule has 0 radical (unpaired) electrons. The average Bonchev–Trinajstić information content (AvgIpc) is 3.09. The highest BCUT2D eigenvalue weighted by Crippen LogP contribution is 2.37. The molecule has 0 fully saturated rings. The summed E-state index contributed by atoms with van der Waals surface area (Å²) in [6, 6.07) is 29.8. The lowest BCUT2D eigenvalue weighted by atomic mass is 9.91. The first-order chi connectivity index (χ1) is 24.3. The summed E-state index contributed by atoms with van der Waals surface area (Å²) in [6.07, 6.45) is 1.54. The standard InChI is InChI=1S/C42H38O8/c1-26-20-38(43)50-37-25-35(14-15-36(26)37)48-18-16-47-17-19-49-42-33-12-5-13-34(42)24-32-11-4-9-30(41(32)46)22-28-7-2-6-27(39(28)44)21-29-8-3-10-31(23-33)40(29)45/h2-15,20,25,44-46H,16-19,21-24H2,1H3. The van der Waals surface area contributed by atoms with Gasteiger partial charge in [0.2, 0.25) is 0 Å². The van der Waals surface area contributed by atoms with E-state index in [4.69, 9.17) is 18.6 Å². The molecule has 0 amide bonds. The number of para-hydroxylation sites is 4. The fourth-order valence-electron chi connectivity index (χ4n) is 6.63. The molecule has 50 heavy (non-hydrogen) atoms. The van der Waals surface area contributed by atoms with Crippen molar-refractivity contribution in [1.82, 2.24) is 0 Å². The number of benzene rings is 5. The van der Waals surface area contributed by atoms with Crippen molar-refractivity contribution in [2.75, 3.05) is 26.4 Å². The largest absolute Gasteiger partial charge is 0.507 e. The van der Waals surface area contributed by atoms with Crippen LogP contribution in [-0.2, 0) is 30.4 Å².